The Morgan fingerprint density at radius 1 is 1.21 bits per heavy atom. The Bertz CT molecular complexity index is 368. The predicted molar refractivity (Wildman–Crippen MR) is 68.0 cm³/mol. The Labute approximate surface area is 99.9 Å². The zero-order chi connectivity index (χ0) is 10.4. The van der Waals surface area contributed by atoms with Crippen LogP contribution in [0.25, 0.3) is 0 Å². The van der Waals surface area contributed by atoms with E-state index < -0.39 is 0 Å². The molecule has 0 atom stereocenters. The third kappa shape index (κ3) is 3.00. The summed E-state index contributed by atoms with van der Waals surface area (Å²) < 4.78 is 10.3. The second-order valence-corrected chi connectivity index (χ2v) is 4.05. The molecule has 0 fully saturated rings. The first-order valence-electron chi connectivity index (χ1n) is 3.82. The number of methoxy groups -OCH3 is 2. The Morgan fingerprint density at radius 2 is 1.93 bits per heavy atom. The summed E-state index contributed by atoms with van der Waals surface area (Å²) in [5.41, 5.74) is 0.923. The van der Waals surface area contributed by atoms with Crippen LogP contribution in [-0.2, 0) is 0 Å². The van der Waals surface area contributed by atoms with Gasteiger partial charge in [0.1, 0.15) is 0 Å². The minimum absolute atomic E-state index is 0.706. The minimum atomic E-state index is 0.706. The Kier molecular flexibility index (Phi) is 4.98. The van der Waals surface area contributed by atoms with Crippen LogP contribution in [0.1, 0.15) is 5.56 Å². The summed E-state index contributed by atoms with van der Waals surface area (Å²) in [5.74, 6) is 4.42. The van der Waals surface area contributed by atoms with E-state index in [0.29, 0.717) is 5.75 Å². The van der Waals surface area contributed by atoms with Gasteiger partial charge in [-0.1, -0.05) is 5.92 Å². The van der Waals surface area contributed by atoms with Gasteiger partial charge in [-0.2, -0.15) is 0 Å². The molecule has 1 aromatic carbocycles. The molecule has 0 unspecified atom stereocenters. The van der Waals surface area contributed by atoms with Gasteiger partial charge in [0.25, 0.3) is 0 Å². The number of hydrogen-bond donors (Lipinski definition) is 0. The first kappa shape index (κ1) is 11.5. The standard InChI is InChI=1S/C10H9IO2S/c1-12-9-4-3-8(5-6-14-11)7-10(9)13-2/h3-4,7H,1-2H3. The molecule has 0 saturated carbocycles. The molecule has 0 aromatic heterocycles. The van der Waals surface area contributed by atoms with Gasteiger partial charge in [-0.25, -0.2) is 0 Å². The molecule has 0 saturated heterocycles. The molecule has 1 rings (SSSR count). The number of ether oxygens (including phenoxy) is 2. The van der Waals surface area contributed by atoms with Gasteiger partial charge in [0.2, 0.25) is 0 Å². The molecule has 0 aliphatic heterocycles. The Balaban J connectivity index is 3.01. The molecule has 0 N–H and O–H groups in total. The highest BCUT2D eigenvalue weighted by molar-refractivity contribution is 14.2. The van der Waals surface area contributed by atoms with Crippen LogP contribution in [0.15, 0.2) is 18.2 Å². The highest BCUT2D eigenvalue weighted by Gasteiger charge is 2.02. The quantitative estimate of drug-likeness (QED) is 0.616. The van der Waals surface area contributed by atoms with Crippen LogP contribution in [-0.4, -0.2) is 14.2 Å². The van der Waals surface area contributed by atoms with Crippen molar-refractivity contribution in [3.63, 3.8) is 0 Å². The average molecular weight is 320 g/mol. The highest BCUT2D eigenvalue weighted by Crippen LogP contribution is 2.27. The van der Waals surface area contributed by atoms with Crippen LogP contribution in [0.5, 0.6) is 11.5 Å². The summed E-state index contributed by atoms with van der Waals surface area (Å²) in [6, 6.07) is 5.61. The van der Waals surface area contributed by atoms with Crippen molar-refractivity contribution in [1.82, 2.24) is 0 Å². The largest absolute Gasteiger partial charge is 0.493 e. The lowest BCUT2D eigenvalue weighted by atomic mass is 10.2. The number of rotatable bonds is 2. The summed E-state index contributed by atoms with van der Waals surface area (Å²) in [7, 11) is 4.68. The molecule has 1 aromatic rings. The van der Waals surface area contributed by atoms with Crippen LogP contribution in [0, 0.1) is 11.2 Å². The van der Waals surface area contributed by atoms with Gasteiger partial charge in [0.05, 0.1) is 14.2 Å². The van der Waals surface area contributed by atoms with Gasteiger partial charge in [-0.05, 0) is 32.4 Å². The lowest BCUT2D eigenvalue weighted by molar-refractivity contribution is 0.355. The molecule has 0 bridgehead atoms. The molecule has 0 radical (unpaired) electrons. The molecule has 4 heteroatoms. The van der Waals surface area contributed by atoms with Crippen molar-refractivity contribution in [2.24, 2.45) is 0 Å². The van der Waals surface area contributed by atoms with E-state index in [1.165, 1.54) is 8.93 Å². The lowest BCUT2D eigenvalue weighted by Gasteiger charge is -2.06. The zero-order valence-electron chi connectivity index (χ0n) is 7.83. The maximum Gasteiger partial charge on any atom is 0.161 e. The third-order valence-corrected chi connectivity index (χ3v) is 2.46. The van der Waals surface area contributed by atoms with E-state index >= 15 is 0 Å². The number of benzene rings is 1. The Hall–Kier alpha value is -0.540. The van der Waals surface area contributed by atoms with Crippen molar-refractivity contribution in [3.05, 3.63) is 23.8 Å². The van der Waals surface area contributed by atoms with E-state index in [4.69, 9.17) is 9.47 Å². The van der Waals surface area contributed by atoms with E-state index in [1.54, 1.807) is 14.2 Å². The molecular weight excluding hydrogens is 311 g/mol. The van der Waals surface area contributed by atoms with Crippen LogP contribution < -0.4 is 9.47 Å². The summed E-state index contributed by atoms with van der Waals surface area (Å²) in [6.45, 7) is 0. The van der Waals surface area contributed by atoms with Crippen LogP contribution in [0.2, 0.25) is 0 Å². The molecule has 0 aliphatic rings. The van der Waals surface area contributed by atoms with Crippen molar-refractivity contribution in [3.8, 4) is 22.7 Å². The van der Waals surface area contributed by atoms with E-state index in [9.17, 15) is 0 Å². The first-order valence-corrected chi connectivity index (χ1v) is 7.18. The van der Waals surface area contributed by atoms with E-state index in [1.807, 2.05) is 18.2 Å². The van der Waals surface area contributed by atoms with Crippen LogP contribution >= 0.6 is 30.1 Å². The molecule has 0 amide bonds. The number of hydrogen-bond acceptors (Lipinski definition) is 3. The molecule has 14 heavy (non-hydrogen) atoms. The van der Waals surface area contributed by atoms with Crippen molar-refractivity contribution in [1.29, 1.82) is 0 Å². The van der Waals surface area contributed by atoms with Crippen molar-refractivity contribution >= 4 is 30.1 Å². The lowest BCUT2D eigenvalue weighted by Crippen LogP contribution is -1.90. The van der Waals surface area contributed by atoms with Crippen LogP contribution in [0.4, 0.5) is 0 Å². The molecular formula is C10H9IO2S. The van der Waals surface area contributed by atoms with Gasteiger partial charge in [0.15, 0.2) is 11.5 Å². The fourth-order valence-corrected chi connectivity index (χ4v) is 1.48. The van der Waals surface area contributed by atoms with Gasteiger partial charge >= 0.3 is 0 Å². The predicted octanol–water partition coefficient (Wildman–Crippen LogP) is 3.10. The van der Waals surface area contributed by atoms with Gasteiger partial charge in [-0.3, -0.25) is 0 Å². The molecule has 0 aliphatic carbocycles. The molecule has 2 nitrogen and oxygen atoms in total. The summed E-state index contributed by atoms with van der Waals surface area (Å²) >= 11 is 2.13. The minimum Gasteiger partial charge on any atom is -0.493 e. The first-order chi connectivity index (χ1) is 6.81. The SMILES string of the molecule is COc1ccc(C#CSI)cc1OC. The summed E-state index contributed by atoms with van der Waals surface area (Å²) in [6.07, 6.45) is 0. The van der Waals surface area contributed by atoms with Crippen molar-refractivity contribution in [2.75, 3.05) is 14.2 Å². The average Bonchev–Trinajstić information content (AvgIpc) is 2.25. The van der Waals surface area contributed by atoms with Gasteiger partial charge < -0.3 is 9.47 Å². The second kappa shape index (κ2) is 6.04. The van der Waals surface area contributed by atoms with Crippen molar-refractivity contribution < 1.29 is 9.47 Å². The normalized spacial score (nSPS) is 8.79. The maximum atomic E-state index is 5.16. The molecule has 0 heterocycles. The zero-order valence-corrected chi connectivity index (χ0v) is 10.8. The van der Waals surface area contributed by atoms with Gasteiger partial charge in [0, 0.05) is 26.8 Å². The van der Waals surface area contributed by atoms with Crippen LogP contribution in [0.3, 0.4) is 0 Å². The van der Waals surface area contributed by atoms with Gasteiger partial charge in [-0.15, -0.1) is 0 Å². The monoisotopic (exact) mass is 320 g/mol. The fourth-order valence-electron chi connectivity index (χ4n) is 0.992. The maximum absolute atomic E-state index is 5.16. The van der Waals surface area contributed by atoms with Crippen molar-refractivity contribution in [2.45, 2.75) is 0 Å². The summed E-state index contributed by atoms with van der Waals surface area (Å²) in [4.78, 5) is 0. The smallest absolute Gasteiger partial charge is 0.161 e. The van der Waals surface area contributed by atoms with E-state index in [2.05, 4.69) is 32.4 Å². The van der Waals surface area contributed by atoms with E-state index in [-0.39, 0.29) is 0 Å². The topological polar surface area (TPSA) is 18.5 Å². The Morgan fingerprint density at radius 3 is 2.50 bits per heavy atom. The van der Waals surface area contributed by atoms with E-state index in [0.717, 1.165) is 11.3 Å². The number of halogens is 1. The second-order valence-electron chi connectivity index (χ2n) is 2.37. The molecule has 0 spiro atoms. The fraction of sp³-hybridized carbons (Fsp3) is 0.200. The third-order valence-electron chi connectivity index (χ3n) is 1.62. The summed E-state index contributed by atoms with van der Waals surface area (Å²) in [5, 5.41) is 2.91. The molecule has 74 valence electrons. The highest BCUT2D eigenvalue weighted by atomic mass is 127.